The van der Waals surface area contributed by atoms with Crippen molar-refractivity contribution in [3.63, 3.8) is 0 Å². The van der Waals surface area contributed by atoms with Gasteiger partial charge in [0.25, 0.3) is 5.56 Å². The lowest BCUT2D eigenvalue weighted by Crippen LogP contribution is -2.25. The first-order chi connectivity index (χ1) is 15.1. The van der Waals surface area contributed by atoms with Gasteiger partial charge in [0.1, 0.15) is 11.6 Å². The van der Waals surface area contributed by atoms with Crippen molar-refractivity contribution in [3.8, 4) is 11.4 Å². The summed E-state index contributed by atoms with van der Waals surface area (Å²) in [5.74, 6) is -0.421. The number of halogens is 1. The van der Waals surface area contributed by atoms with Crippen molar-refractivity contribution in [1.82, 2.24) is 9.78 Å². The van der Waals surface area contributed by atoms with Crippen LogP contribution >= 0.6 is 0 Å². The average Bonchev–Trinajstić information content (AvgIpc) is 2.81. The Bertz CT molecular complexity index is 1250. The van der Waals surface area contributed by atoms with Crippen LogP contribution in [0.5, 0.6) is 5.75 Å². The van der Waals surface area contributed by atoms with E-state index in [1.165, 1.54) is 28.9 Å². The van der Waals surface area contributed by atoms with E-state index in [0.717, 1.165) is 0 Å². The van der Waals surface area contributed by atoms with E-state index in [1.807, 2.05) is 6.07 Å². The molecule has 1 aromatic heterocycles. The summed E-state index contributed by atoms with van der Waals surface area (Å²) in [5, 5.41) is 5.11. The van der Waals surface area contributed by atoms with Crippen molar-refractivity contribution < 1.29 is 18.7 Å². The van der Waals surface area contributed by atoms with Crippen molar-refractivity contribution in [2.75, 3.05) is 13.2 Å². The summed E-state index contributed by atoms with van der Waals surface area (Å²) < 4.78 is 25.0. The highest BCUT2D eigenvalue weighted by Gasteiger charge is 2.18. The van der Waals surface area contributed by atoms with Crippen LogP contribution < -0.4 is 10.3 Å². The van der Waals surface area contributed by atoms with Gasteiger partial charge < -0.3 is 9.47 Å². The SMILES string of the molecule is O=C(OCCCOc1ccc(F)cc1)c1nn(-c2ccccc2)c(=O)c2ccccc12. The summed E-state index contributed by atoms with van der Waals surface area (Å²) >= 11 is 0. The minimum absolute atomic E-state index is 0.0681. The van der Waals surface area contributed by atoms with Crippen LogP contribution in [0, 0.1) is 5.82 Å². The van der Waals surface area contributed by atoms with Gasteiger partial charge in [0.2, 0.25) is 0 Å². The molecule has 0 unspecified atom stereocenters. The molecule has 3 aromatic carbocycles. The van der Waals surface area contributed by atoms with Crippen LogP contribution in [0.3, 0.4) is 0 Å². The molecule has 0 aliphatic carbocycles. The predicted octanol–water partition coefficient (Wildman–Crippen LogP) is 4.15. The number of hydrogen-bond acceptors (Lipinski definition) is 5. The second kappa shape index (κ2) is 9.21. The fourth-order valence-corrected chi connectivity index (χ4v) is 3.10. The Morgan fingerprint density at radius 2 is 1.55 bits per heavy atom. The molecule has 7 heteroatoms. The first-order valence-corrected chi connectivity index (χ1v) is 9.76. The van der Waals surface area contributed by atoms with Gasteiger partial charge in [0, 0.05) is 11.8 Å². The molecule has 0 spiro atoms. The minimum atomic E-state index is -0.623. The quantitative estimate of drug-likeness (QED) is 0.333. The fraction of sp³-hybridized carbons (Fsp3) is 0.125. The third-order valence-corrected chi connectivity index (χ3v) is 4.60. The number of ether oxygens (including phenoxy) is 2. The van der Waals surface area contributed by atoms with Crippen LogP contribution in [0.2, 0.25) is 0 Å². The van der Waals surface area contributed by atoms with Crippen molar-refractivity contribution in [2.45, 2.75) is 6.42 Å². The fourth-order valence-electron chi connectivity index (χ4n) is 3.10. The lowest BCUT2D eigenvalue weighted by atomic mass is 10.1. The summed E-state index contributed by atoms with van der Waals surface area (Å²) in [5.41, 5.74) is 0.310. The highest BCUT2D eigenvalue weighted by Crippen LogP contribution is 2.16. The maximum atomic E-state index is 12.9. The smallest absolute Gasteiger partial charge is 0.359 e. The molecule has 0 amide bonds. The zero-order valence-electron chi connectivity index (χ0n) is 16.5. The maximum Gasteiger partial charge on any atom is 0.359 e. The molecule has 0 bridgehead atoms. The highest BCUT2D eigenvalue weighted by molar-refractivity contribution is 6.02. The molecule has 0 radical (unpaired) electrons. The molecule has 0 saturated carbocycles. The Kier molecular flexibility index (Phi) is 6.03. The molecule has 0 aliphatic heterocycles. The lowest BCUT2D eigenvalue weighted by molar-refractivity contribution is 0.0479. The summed E-state index contributed by atoms with van der Waals surface area (Å²) in [4.78, 5) is 25.6. The molecule has 6 nitrogen and oxygen atoms in total. The number of carbonyl (C=O) groups is 1. The number of nitrogens with zero attached hydrogens (tertiary/aromatic N) is 2. The van der Waals surface area contributed by atoms with Gasteiger partial charge in [-0.2, -0.15) is 9.78 Å². The Morgan fingerprint density at radius 1 is 0.871 bits per heavy atom. The topological polar surface area (TPSA) is 70.4 Å². The van der Waals surface area contributed by atoms with Gasteiger partial charge in [-0.15, -0.1) is 0 Å². The summed E-state index contributed by atoms with van der Waals surface area (Å²) in [6.45, 7) is 0.414. The first-order valence-electron chi connectivity index (χ1n) is 9.76. The van der Waals surface area contributed by atoms with Gasteiger partial charge in [0.05, 0.1) is 24.3 Å². The number of fused-ring (bicyclic) bond motifs is 1. The number of benzene rings is 3. The summed E-state index contributed by atoms with van der Waals surface area (Å²) in [6, 6.07) is 21.4. The van der Waals surface area contributed by atoms with Crippen molar-refractivity contribution in [3.05, 3.63) is 101 Å². The van der Waals surface area contributed by atoms with Gasteiger partial charge in [-0.05, 0) is 42.5 Å². The molecule has 156 valence electrons. The van der Waals surface area contributed by atoms with Gasteiger partial charge in [0.15, 0.2) is 5.69 Å². The van der Waals surface area contributed by atoms with Crippen LogP contribution in [0.15, 0.2) is 83.7 Å². The summed E-state index contributed by atoms with van der Waals surface area (Å²) in [6.07, 6.45) is 0.444. The highest BCUT2D eigenvalue weighted by atomic mass is 19.1. The predicted molar refractivity (Wildman–Crippen MR) is 114 cm³/mol. The molecule has 4 aromatic rings. The maximum absolute atomic E-state index is 12.9. The standard InChI is InChI=1S/C24H19FN2O4/c25-17-11-13-19(14-12-17)30-15-6-16-31-24(29)22-20-9-4-5-10-21(20)23(28)27(26-22)18-7-2-1-3-8-18/h1-5,7-14H,6,15-16H2. The normalized spacial score (nSPS) is 10.7. The van der Waals surface area contributed by atoms with Crippen molar-refractivity contribution in [1.29, 1.82) is 0 Å². The lowest BCUT2D eigenvalue weighted by Gasteiger charge is -2.11. The molecule has 0 saturated heterocycles. The van der Waals surface area contributed by atoms with Gasteiger partial charge in [-0.3, -0.25) is 4.79 Å². The molecule has 4 rings (SSSR count). The van der Waals surface area contributed by atoms with E-state index in [2.05, 4.69) is 5.10 Å². The van der Waals surface area contributed by atoms with Crippen LogP contribution in [-0.2, 0) is 4.74 Å². The molecule has 1 heterocycles. The number of para-hydroxylation sites is 1. The molecule has 0 aliphatic rings. The molecular formula is C24H19FN2O4. The Labute approximate surface area is 177 Å². The number of rotatable bonds is 7. The third-order valence-electron chi connectivity index (χ3n) is 4.60. The number of hydrogen-bond donors (Lipinski definition) is 0. The number of aromatic nitrogens is 2. The van der Waals surface area contributed by atoms with E-state index in [1.54, 1.807) is 48.5 Å². The van der Waals surface area contributed by atoms with Crippen LogP contribution in [0.1, 0.15) is 16.9 Å². The van der Waals surface area contributed by atoms with Crippen LogP contribution in [-0.4, -0.2) is 29.0 Å². The van der Waals surface area contributed by atoms with E-state index < -0.39 is 5.97 Å². The van der Waals surface area contributed by atoms with Crippen molar-refractivity contribution >= 4 is 16.7 Å². The Hall–Kier alpha value is -4.00. The first kappa shape index (κ1) is 20.3. The van der Waals surface area contributed by atoms with Gasteiger partial charge >= 0.3 is 5.97 Å². The van der Waals surface area contributed by atoms with E-state index in [0.29, 0.717) is 35.2 Å². The van der Waals surface area contributed by atoms with E-state index >= 15 is 0 Å². The average molecular weight is 418 g/mol. The number of esters is 1. The monoisotopic (exact) mass is 418 g/mol. The van der Waals surface area contributed by atoms with Gasteiger partial charge in [-0.25, -0.2) is 9.18 Å². The molecule has 31 heavy (non-hydrogen) atoms. The van der Waals surface area contributed by atoms with E-state index in [9.17, 15) is 14.0 Å². The van der Waals surface area contributed by atoms with Crippen molar-refractivity contribution in [2.24, 2.45) is 0 Å². The molecular weight excluding hydrogens is 399 g/mol. The second-order valence-corrected chi connectivity index (χ2v) is 6.74. The molecule has 0 fully saturated rings. The van der Waals surface area contributed by atoms with E-state index in [4.69, 9.17) is 9.47 Å². The van der Waals surface area contributed by atoms with Crippen LogP contribution in [0.4, 0.5) is 4.39 Å². The molecule has 0 N–H and O–H groups in total. The Morgan fingerprint density at radius 3 is 2.29 bits per heavy atom. The zero-order chi connectivity index (χ0) is 21.6. The Balaban J connectivity index is 1.49. The molecule has 0 atom stereocenters. The summed E-state index contributed by atoms with van der Waals surface area (Å²) in [7, 11) is 0. The zero-order valence-corrected chi connectivity index (χ0v) is 16.5. The van der Waals surface area contributed by atoms with E-state index in [-0.39, 0.29) is 23.7 Å². The van der Waals surface area contributed by atoms with Crippen LogP contribution in [0.25, 0.3) is 16.5 Å². The number of carbonyl (C=O) groups excluding carboxylic acids is 1. The third kappa shape index (κ3) is 4.61. The largest absolute Gasteiger partial charge is 0.493 e. The second-order valence-electron chi connectivity index (χ2n) is 6.74. The minimum Gasteiger partial charge on any atom is -0.493 e. The van der Waals surface area contributed by atoms with Gasteiger partial charge in [-0.1, -0.05) is 36.4 Å².